The molecule has 0 saturated heterocycles. The van der Waals surface area contributed by atoms with Crippen LogP contribution in [0.5, 0.6) is 0 Å². The third-order valence-electron chi connectivity index (χ3n) is 2.13. The van der Waals surface area contributed by atoms with Crippen LogP contribution in [-0.2, 0) is 6.54 Å². The molecule has 3 N–H and O–H groups in total. The van der Waals surface area contributed by atoms with E-state index < -0.39 is 0 Å². The second-order valence-electron chi connectivity index (χ2n) is 3.61. The molecular weight excluding hydrogens is 192 g/mol. The van der Waals surface area contributed by atoms with Crippen molar-refractivity contribution < 1.29 is 5.11 Å². The highest BCUT2D eigenvalue weighted by molar-refractivity contribution is 5.28. The monoisotopic (exact) mass is 210 g/mol. The van der Waals surface area contributed by atoms with Gasteiger partial charge in [0, 0.05) is 26.3 Å². The van der Waals surface area contributed by atoms with Gasteiger partial charge in [-0.15, -0.1) is 0 Å². The lowest BCUT2D eigenvalue weighted by Crippen LogP contribution is -2.24. The number of aromatic nitrogens is 2. The molecule has 0 bridgehead atoms. The second kappa shape index (κ2) is 5.63. The standard InChI is InChI=1S/C10H18N4O/c1-8(15)4-6-14(2)10-12-5-3-9(7-11)13-10/h3,5,8,15H,4,6-7,11H2,1-2H3. The molecule has 15 heavy (non-hydrogen) atoms. The van der Waals surface area contributed by atoms with Crippen LogP contribution in [-0.4, -0.2) is 34.8 Å². The Hall–Kier alpha value is -1.20. The smallest absolute Gasteiger partial charge is 0.225 e. The van der Waals surface area contributed by atoms with E-state index in [4.69, 9.17) is 10.8 Å². The van der Waals surface area contributed by atoms with E-state index in [0.717, 1.165) is 12.2 Å². The third-order valence-corrected chi connectivity index (χ3v) is 2.13. The molecular formula is C10H18N4O. The second-order valence-corrected chi connectivity index (χ2v) is 3.61. The summed E-state index contributed by atoms with van der Waals surface area (Å²) >= 11 is 0. The number of rotatable bonds is 5. The first-order chi connectivity index (χ1) is 7.13. The van der Waals surface area contributed by atoms with Crippen LogP contribution in [0.2, 0.25) is 0 Å². The summed E-state index contributed by atoms with van der Waals surface area (Å²) in [4.78, 5) is 10.3. The van der Waals surface area contributed by atoms with E-state index in [-0.39, 0.29) is 6.10 Å². The molecule has 1 aromatic rings. The zero-order chi connectivity index (χ0) is 11.3. The van der Waals surface area contributed by atoms with Crippen LogP contribution >= 0.6 is 0 Å². The van der Waals surface area contributed by atoms with Gasteiger partial charge < -0.3 is 15.7 Å². The van der Waals surface area contributed by atoms with E-state index in [1.165, 1.54) is 0 Å². The van der Waals surface area contributed by atoms with Gasteiger partial charge in [0.25, 0.3) is 0 Å². The van der Waals surface area contributed by atoms with Gasteiger partial charge in [0.15, 0.2) is 0 Å². The molecule has 1 unspecified atom stereocenters. The van der Waals surface area contributed by atoms with Gasteiger partial charge in [0.2, 0.25) is 5.95 Å². The van der Waals surface area contributed by atoms with Crippen LogP contribution < -0.4 is 10.6 Å². The molecule has 1 atom stereocenters. The molecule has 0 amide bonds. The van der Waals surface area contributed by atoms with Crippen LogP contribution in [0.1, 0.15) is 19.0 Å². The van der Waals surface area contributed by atoms with Gasteiger partial charge >= 0.3 is 0 Å². The average Bonchev–Trinajstić information content (AvgIpc) is 2.26. The van der Waals surface area contributed by atoms with Crippen molar-refractivity contribution in [2.24, 2.45) is 5.73 Å². The maximum absolute atomic E-state index is 9.16. The molecule has 0 radical (unpaired) electrons. The molecule has 1 rings (SSSR count). The molecule has 0 aromatic carbocycles. The number of nitrogens with zero attached hydrogens (tertiary/aromatic N) is 3. The molecule has 0 aliphatic carbocycles. The van der Waals surface area contributed by atoms with Crippen LogP contribution in [0, 0.1) is 0 Å². The van der Waals surface area contributed by atoms with Crippen molar-refractivity contribution >= 4 is 5.95 Å². The normalized spacial score (nSPS) is 12.5. The summed E-state index contributed by atoms with van der Waals surface area (Å²) in [5, 5.41) is 9.16. The maximum Gasteiger partial charge on any atom is 0.225 e. The van der Waals surface area contributed by atoms with E-state index in [0.29, 0.717) is 18.9 Å². The highest BCUT2D eigenvalue weighted by Crippen LogP contribution is 2.06. The number of aliphatic hydroxyl groups is 1. The lowest BCUT2D eigenvalue weighted by molar-refractivity contribution is 0.186. The Bertz CT molecular complexity index is 303. The van der Waals surface area contributed by atoms with Gasteiger partial charge in [-0.05, 0) is 19.4 Å². The summed E-state index contributed by atoms with van der Waals surface area (Å²) in [7, 11) is 1.90. The molecule has 0 aliphatic rings. The molecule has 1 aromatic heterocycles. The van der Waals surface area contributed by atoms with Crippen molar-refractivity contribution in [1.29, 1.82) is 0 Å². The molecule has 0 aliphatic heterocycles. The van der Waals surface area contributed by atoms with Crippen molar-refractivity contribution in [2.75, 3.05) is 18.5 Å². The first-order valence-corrected chi connectivity index (χ1v) is 5.04. The van der Waals surface area contributed by atoms with Gasteiger partial charge in [0.1, 0.15) is 0 Å². The minimum absolute atomic E-state index is 0.301. The van der Waals surface area contributed by atoms with Crippen molar-refractivity contribution in [3.8, 4) is 0 Å². The van der Waals surface area contributed by atoms with Crippen molar-refractivity contribution in [2.45, 2.75) is 26.0 Å². The molecule has 0 spiro atoms. The third kappa shape index (κ3) is 3.81. The minimum Gasteiger partial charge on any atom is -0.393 e. The fourth-order valence-corrected chi connectivity index (χ4v) is 1.16. The highest BCUT2D eigenvalue weighted by Gasteiger charge is 2.05. The summed E-state index contributed by atoms with van der Waals surface area (Å²) < 4.78 is 0. The maximum atomic E-state index is 9.16. The summed E-state index contributed by atoms with van der Waals surface area (Å²) in [5.41, 5.74) is 6.32. The van der Waals surface area contributed by atoms with E-state index >= 15 is 0 Å². The SMILES string of the molecule is CC(O)CCN(C)c1nccc(CN)n1. The molecule has 84 valence electrons. The fraction of sp³-hybridized carbons (Fsp3) is 0.600. The lowest BCUT2D eigenvalue weighted by atomic mass is 10.3. The number of aliphatic hydroxyl groups excluding tert-OH is 1. The molecule has 0 fully saturated rings. The summed E-state index contributed by atoms with van der Waals surface area (Å²) in [6, 6.07) is 1.80. The average molecular weight is 210 g/mol. The minimum atomic E-state index is -0.301. The summed E-state index contributed by atoms with van der Waals surface area (Å²) in [6.07, 6.45) is 2.10. The van der Waals surface area contributed by atoms with Crippen LogP contribution in [0.25, 0.3) is 0 Å². The van der Waals surface area contributed by atoms with Crippen LogP contribution in [0.15, 0.2) is 12.3 Å². The van der Waals surface area contributed by atoms with Crippen LogP contribution in [0.4, 0.5) is 5.95 Å². The number of anilines is 1. The van der Waals surface area contributed by atoms with Gasteiger partial charge in [-0.3, -0.25) is 0 Å². The first kappa shape index (κ1) is 11.9. The topological polar surface area (TPSA) is 75.3 Å². The molecule has 0 saturated carbocycles. The predicted octanol–water partition coefficient (Wildman–Crippen LogP) is 0.142. The van der Waals surface area contributed by atoms with E-state index in [9.17, 15) is 0 Å². The Balaban J connectivity index is 2.60. The van der Waals surface area contributed by atoms with Gasteiger partial charge in [-0.1, -0.05) is 0 Å². The molecule has 5 nitrogen and oxygen atoms in total. The first-order valence-electron chi connectivity index (χ1n) is 5.04. The van der Waals surface area contributed by atoms with E-state index in [1.807, 2.05) is 11.9 Å². The Morgan fingerprint density at radius 2 is 2.33 bits per heavy atom. The van der Waals surface area contributed by atoms with Crippen molar-refractivity contribution in [3.63, 3.8) is 0 Å². The van der Waals surface area contributed by atoms with Crippen LogP contribution in [0.3, 0.4) is 0 Å². The highest BCUT2D eigenvalue weighted by atomic mass is 16.3. The number of hydrogen-bond donors (Lipinski definition) is 2. The zero-order valence-corrected chi connectivity index (χ0v) is 9.22. The van der Waals surface area contributed by atoms with Crippen molar-refractivity contribution in [3.05, 3.63) is 18.0 Å². The zero-order valence-electron chi connectivity index (χ0n) is 9.22. The van der Waals surface area contributed by atoms with Gasteiger partial charge in [-0.25, -0.2) is 9.97 Å². The Labute approximate surface area is 90.0 Å². The van der Waals surface area contributed by atoms with Gasteiger partial charge in [-0.2, -0.15) is 0 Å². The Kier molecular flexibility index (Phi) is 4.45. The molecule has 5 heteroatoms. The lowest BCUT2D eigenvalue weighted by Gasteiger charge is -2.17. The van der Waals surface area contributed by atoms with Gasteiger partial charge in [0.05, 0.1) is 11.8 Å². The number of nitrogens with two attached hydrogens (primary N) is 1. The number of hydrogen-bond acceptors (Lipinski definition) is 5. The molecule has 1 heterocycles. The van der Waals surface area contributed by atoms with Crippen molar-refractivity contribution in [1.82, 2.24) is 9.97 Å². The fourth-order valence-electron chi connectivity index (χ4n) is 1.16. The Morgan fingerprint density at radius 3 is 2.93 bits per heavy atom. The summed E-state index contributed by atoms with van der Waals surface area (Å²) in [6.45, 7) is 2.91. The predicted molar refractivity (Wildman–Crippen MR) is 59.5 cm³/mol. The summed E-state index contributed by atoms with van der Waals surface area (Å²) in [5.74, 6) is 0.651. The Morgan fingerprint density at radius 1 is 1.60 bits per heavy atom. The van der Waals surface area contributed by atoms with E-state index in [2.05, 4.69) is 9.97 Å². The largest absolute Gasteiger partial charge is 0.393 e. The quantitative estimate of drug-likeness (QED) is 0.723. The van der Waals surface area contributed by atoms with E-state index in [1.54, 1.807) is 19.2 Å².